The summed E-state index contributed by atoms with van der Waals surface area (Å²) in [5.74, 6) is -0.0329. The van der Waals surface area contributed by atoms with Gasteiger partial charge in [-0.15, -0.1) is 0 Å². The molecule has 0 aromatic heterocycles. The van der Waals surface area contributed by atoms with Crippen molar-refractivity contribution in [1.82, 2.24) is 4.72 Å². The zero-order valence-corrected chi connectivity index (χ0v) is 13.2. The standard InChI is InChI=1S/C12H20N2O4S2/c1-3-13-11-5-7-12(8-6-11)20(17,18)14-9-4-10-19(2,15)16/h5-8,13-14H,3-4,9-10H2,1-2H3. The highest BCUT2D eigenvalue weighted by molar-refractivity contribution is 7.90. The maximum absolute atomic E-state index is 11.9. The van der Waals surface area contributed by atoms with Crippen LogP contribution in [0.2, 0.25) is 0 Å². The molecular formula is C12H20N2O4S2. The molecule has 0 atom stereocenters. The van der Waals surface area contributed by atoms with E-state index < -0.39 is 19.9 Å². The average Bonchev–Trinajstić information content (AvgIpc) is 2.35. The van der Waals surface area contributed by atoms with Gasteiger partial charge in [0.1, 0.15) is 9.84 Å². The number of anilines is 1. The first-order valence-electron chi connectivity index (χ1n) is 6.26. The minimum absolute atomic E-state index is 0.0329. The summed E-state index contributed by atoms with van der Waals surface area (Å²) in [6.07, 6.45) is 1.38. The van der Waals surface area contributed by atoms with E-state index in [4.69, 9.17) is 0 Å². The number of benzene rings is 1. The van der Waals surface area contributed by atoms with Crippen LogP contribution < -0.4 is 10.0 Å². The van der Waals surface area contributed by atoms with E-state index in [9.17, 15) is 16.8 Å². The Morgan fingerprint density at radius 3 is 2.15 bits per heavy atom. The van der Waals surface area contributed by atoms with Crippen molar-refractivity contribution in [1.29, 1.82) is 0 Å². The van der Waals surface area contributed by atoms with Gasteiger partial charge >= 0.3 is 0 Å². The Kier molecular flexibility index (Phi) is 5.97. The first kappa shape index (κ1) is 16.9. The summed E-state index contributed by atoms with van der Waals surface area (Å²) in [5.41, 5.74) is 0.850. The van der Waals surface area contributed by atoms with Crippen LogP contribution in [0.3, 0.4) is 0 Å². The molecule has 0 radical (unpaired) electrons. The predicted molar refractivity (Wildman–Crippen MR) is 80.1 cm³/mol. The molecule has 1 aromatic carbocycles. The Labute approximate surface area is 120 Å². The van der Waals surface area contributed by atoms with Crippen molar-refractivity contribution in [3.8, 4) is 0 Å². The Morgan fingerprint density at radius 2 is 1.65 bits per heavy atom. The van der Waals surface area contributed by atoms with E-state index in [1.807, 2.05) is 6.92 Å². The molecule has 0 spiro atoms. The molecule has 0 bridgehead atoms. The van der Waals surface area contributed by atoms with E-state index in [1.165, 1.54) is 12.1 Å². The highest BCUT2D eigenvalue weighted by atomic mass is 32.2. The number of rotatable bonds is 8. The Bertz CT molecular complexity index is 622. The normalized spacial score (nSPS) is 12.3. The van der Waals surface area contributed by atoms with Crippen molar-refractivity contribution in [3.63, 3.8) is 0 Å². The summed E-state index contributed by atoms with van der Waals surface area (Å²) < 4.78 is 48.2. The number of nitrogens with one attached hydrogen (secondary N) is 2. The molecule has 6 nitrogen and oxygen atoms in total. The highest BCUT2D eigenvalue weighted by Crippen LogP contribution is 2.13. The van der Waals surface area contributed by atoms with Crippen LogP contribution in [0, 0.1) is 0 Å². The van der Waals surface area contributed by atoms with E-state index in [2.05, 4.69) is 10.0 Å². The minimum atomic E-state index is -3.58. The lowest BCUT2D eigenvalue weighted by molar-refractivity contribution is 0.577. The van der Waals surface area contributed by atoms with E-state index in [0.29, 0.717) is 0 Å². The van der Waals surface area contributed by atoms with Crippen LogP contribution in [0.25, 0.3) is 0 Å². The summed E-state index contributed by atoms with van der Waals surface area (Å²) in [6.45, 7) is 2.81. The van der Waals surface area contributed by atoms with Crippen LogP contribution in [-0.4, -0.2) is 41.9 Å². The summed E-state index contributed by atoms with van der Waals surface area (Å²) in [4.78, 5) is 0.165. The van der Waals surface area contributed by atoms with Gasteiger partial charge in [0.2, 0.25) is 10.0 Å². The van der Waals surface area contributed by atoms with Gasteiger partial charge in [-0.1, -0.05) is 0 Å². The molecule has 20 heavy (non-hydrogen) atoms. The molecule has 0 amide bonds. The average molecular weight is 320 g/mol. The molecule has 0 heterocycles. The Morgan fingerprint density at radius 1 is 1.05 bits per heavy atom. The van der Waals surface area contributed by atoms with Crippen molar-refractivity contribution in [2.45, 2.75) is 18.2 Å². The molecule has 0 unspecified atom stereocenters. The largest absolute Gasteiger partial charge is 0.385 e. The minimum Gasteiger partial charge on any atom is -0.385 e. The maximum Gasteiger partial charge on any atom is 0.240 e. The summed E-state index contributed by atoms with van der Waals surface area (Å²) >= 11 is 0. The van der Waals surface area contributed by atoms with Crippen LogP contribution in [0.1, 0.15) is 13.3 Å². The van der Waals surface area contributed by atoms with Gasteiger partial charge in [0, 0.05) is 25.0 Å². The second kappa shape index (κ2) is 7.05. The number of hydrogen-bond acceptors (Lipinski definition) is 5. The van der Waals surface area contributed by atoms with Crippen molar-refractivity contribution >= 4 is 25.5 Å². The monoisotopic (exact) mass is 320 g/mol. The van der Waals surface area contributed by atoms with E-state index >= 15 is 0 Å². The third-order valence-electron chi connectivity index (χ3n) is 2.53. The van der Waals surface area contributed by atoms with Crippen LogP contribution >= 0.6 is 0 Å². The molecule has 0 saturated carbocycles. The molecular weight excluding hydrogens is 300 g/mol. The smallest absolute Gasteiger partial charge is 0.240 e. The van der Waals surface area contributed by atoms with Crippen LogP contribution in [0.4, 0.5) is 5.69 Å². The second-order valence-corrected chi connectivity index (χ2v) is 8.46. The molecule has 0 aliphatic rings. The SMILES string of the molecule is CCNc1ccc(S(=O)(=O)NCCCS(C)(=O)=O)cc1. The highest BCUT2D eigenvalue weighted by Gasteiger charge is 2.13. The number of hydrogen-bond donors (Lipinski definition) is 2. The van der Waals surface area contributed by atoms with Crippen LogP contribution in [0.15, 0.2) is 29.2 Å². The van der Waals surface area contributed by atoms with Gasteiger partial charge in [-0.2, -0.15) is 0 Å². The first-order chi connectivity index (χ1) is 9.24. The Balaban J connectivity index is 2.60. The lowest BCUT2D eigenvalue weighted by atomic mass is 10.3. The molecule has 1 aromatic rings. The molecule has 114 valence electrons. The van der Waals surface area contributed by atoms with Crippen molar-refractivity contribution in [2.75, 3.05) is 30.4 Å². The summed E-state index contributed by atoms with van der Waals surface area (Å²) in [5, 5.41) is 3.07. The zero-order valence-electron chi connectivity index (χ0n) is 11.6. The van der Waals surface area contributed by atoms with Crippen LogP contribution in [0.5, 0.6) is 0 Å². The fraction of sp³-hybridized carbons (Fsp3) is 0.500. The third-order valence-corrected chi connectivity index (χ3v) is 5.04. The van der Waals surface area contributed by atoms with Gasteiger partial charge in [-0.3, -0.25) is 0 Å². The fourth-order valence-electron chi connectivity index (χ4n) is 1.58. The van der Waals surface area contributed by atoms with E-state index in [0.717, 1.165) is 18.5 Å². The molecule has 0 fully saturated rings. The summed E-state index contributed by atoms with van der Waals surface area (Å²) in [7, 11) is -6.64. The predicted octanol–water partition coefficient (Wildman–Crippen LogP) is 0.831. The van der Waals surface area contributed by atoms with Crippen molar-refractivity contribution < 1.29 is 16.8 Å². The van der Waals surface area contributed by atoms with Crippen molar-refractivity contribution in [3.05, 3.63) is 24.3 Å². The van der Waals surface area contributed by atoms with Crippen molar-refractivity contribution in [2.24, 2.45) is 0 Å². The quantitative estimate of drug-likeness (QED) is 0.692. The Hall–Kier alpha value is -1.12. The molecule has 0 aliphatic carbocycles. The van der Waals surface area contributed by atoms with Gasteiger partial charge in [0.25, 0.3) is 0 Å². The fourth-order valence-corrected chi connectivity index (χ4v) is 3.32. The van der Waals surface area contributed by atoms with Gasteiger partial charge < -0.3 is 5.32 Å². The van der Waals surface area contributed by atoms with E-state index in [1.54, 1.807) is 12.1 Å². The molecule has 8 heteroatoms. The zero-order chi connectivity index (χ0) is 15.2. The lowest BCUT2D eigenvalue weighted by Gasteiger charge is -2.08. The molecule has 1 rings (SSSR count). The summed E-state index contributed by atoms with van der Waals surface area (Å²) in [6, 6.07) is 6.40. The lowest BCUT2D eigenvalue weighted by Crippen LogP contribution is -2.26. The van der Waals surface area contributed by atoms with Gasteiger partial charge in [0.05, 0.1) is 10.6 Å². The van der Waals surface area contributed by atoms with Gasteiger partial charge in [-0.25, -0.2) is 21.6 Å². The first-order valence-corrected chi connectivity index (χ1v) is 9.80. The maximum atomic E-state index is 11.9. The van der Waals surface area contributed by atoms with Gasteiger partial charge in [-0.05, 0) is 37.6 Å². The van der Waals surface area contributed by atoms with Gasteiger partial charge in [0.15, 0.2) is 0 Å². The number of sulfonamides is 1. The third kappa shape index (κ3) is 5.89. The topological polar surface area (TPSA) is 92.3 Å². The molecule has 0 saturated heterocycles. The van der Waals surface area contributed by atoms with Crippen LogP contribution in [-0.2, 0) is 19.9 Å². The number of sulfone groups is 1. The second-order valence-electron chi connectivity index (χ2n) is 4.44. The molecule has 0 aliphatic heterocycles. The van der Waals surface area contributed by atoms with E-state index in [-0.39, 0.29) is 23.6 Å². The molecule has 2 N–H and O–H groups in total.